The van der Waals surface area contributed by atoms with Crippen LogP contribution in [0.5, 0.6) is 0 Å². The average molecular weight is 214 g/mol. The van der Waals surface area contributed by atoms with E-state index >= 15 is 0 Å². The van der Waals surface area contributed by atoms with Crippen molar-refractivity contribution >= 4 is 17.7 Å². The number of hydrogen-bond donors (Lipinski definition) is 2. The van der Waals surface area contributed by atoms with Crippen molar-refractivity contribution in [1.29, 1.82) is 0 Å². The van der Waals surface area contributed by atoms with Gasteiger partial charge in [-0.3, -0.25) is 4.79 Å². The van der Waals surface area contributed by atoms with Crippen molar-refractivity contribution in [3.05, 3.63) is 11.4 Å². The lowest BCUT2D eigenvalue weighted by Gasteiger charge is -2.01. The fourth-order valence-electron chi connectivity index (χ4n) is 1.54. The Balaban J connectivity index is 2.36. The van der Waals surface area contributed by atoms with Crippen LogP contribution in [-0.2, 0) is 24.4 Å². The summed E-state index contributed by atoms with van der Waals surface area (Å²) in [6.45, 7) is 0.665. The number of aliphatic hydroxyl groups is 1. The Morgan fingerprint density at radius 2 is 2.43 bits per heavy atom. The molecule has 1 aromatic heterocycles. The molecule has 0 aromatic carbocycles. The van der Waals surface area contributed by atoms with Crippen molar-refractivity contribution in [3.8, 4) is 0 Å². The predicted octanol–water partition coefficient (Wildman–Crippen LogP) is 0.108. The summed E-state index contributed by atoms with van der Waals surface area (Å²) in [7, 11) is 0. The van der Waals surface area contributed by atoms with Crippen molar-refractivity contribution in [2.45, 2.75) is 24.7 Å². The summed E-state index contributed by atoms with van der Waals surface area (Å²) in [5, 5.41) is 18.6. The molecule has 5 nitrogen and oxygen atoms in total. The second-order valence-electron chi connectivity index (χ2n) is 3.02. The molecule has 0 saturated carbocycles. The average Bonchev–Trinajstić information content (AvgIpc) is 2.62. The van der Waals surface area contributed by atoms with E-state index in [9.17, 15) is 4.79 Å². The zero-order valence-electron chi connectivity index (χ0n) is 7.43. The van der Waals surface area contributed by atoms with Crippen LogP contribution in [0.3, 0.4) is 0 Å². The molecule has 1 aromatic rings. The second-order valence-corrected chi connectivity index (χ2v) is 4.08. The van der Waals surface area contributed by atoms with E-state index in [1.807, 2.05) is 4.57 Å². The van der Waals surface area contributed by atoms with Crippen LogP contribution in [0.25, 0.3) is 0 Å². The number of nitrogens with zero attached hydrogens (tertiary/aromatic N) is 2. The van der Waals surface area contributed by atoms with E-state index in [2.05, 4.69) is 4.98 Å². The first kappa shape index (κ1) is 9.54. The molecule has 14 heavy (non-hydrogen) atoms. The van der Waals surface area contributed by atoms with E-state index in [1.165, 1.54) is 0 Å². The normalized spacial score (nSPS) is 14.4. The molecule has 0 amide bonds. The summed E-state index contributed by atoms with van der Waals surface area (Å²) < 4.78 is 1.89. The number of carboxylic acid groups (broad SMARTS) is 1. The van der Waals surface area contributed by atoms with Gasteiger partial charge in [-0.1, -0.05) is 11.8 Å². The van der Waals surface area contributed by atoms with Crippen LogP contribution in [0.2, 0.25) is 0 Å². The minimum absolute atomic E-state index is 0.115. The summed E-state index contributed by atoms with van der Waals surface area (Å²) in [6, 6.07) is 0. The number of thioether (sulfide) groups is 1. The molecule has 0 saturated heterocycles. The molecule has 0 aliphatic carbocycles. The third-order valence-corrected chi connectivity index (χ3v) is 3.09. The van der Waals surface area contributed by atoms with Crippen molar-refractivity contribution in [1.82, 2.24) is 9.55 Å². The minimum Gasteiger partial charge on any atom is -0.481 e. The molecule has 1 aliphatic rings. The fraction of sp³-hybridized carbons (Fsp3) is 0.500. The van der Waals surface area contributed by atoms with Crippen LogP contribution < -0.4 is 0 Å². The third-order valence-electron chi connectivity index (χ3n) is 2.13. The highest BCUT2D eigenvalue weighted by atomic mass is 32.2. The molecule has 0 unspecified atom stereocenters. The molecule has 2 heterocycles. The molecule has 0 radical (unpaired) electrons. The van der Waals surface area contributed by atoms with Crippen LogP contribution in [0.1, 0.15) is 11.4 Å². The lowest BCUT2D eigenvalue weighted by Crippen LogP contribution is -2.07. The van der Waals surface area contributed by atoms with Gasteiger partial charge in [0.2, 0.25) is 0 Å². The van der Waals surface area contributed by atoms with Crippen molar-refractivity contribution in [2.24, 2.45) is 0 Å². The first-order valence-electron chi connectivity index (χ1n) is 4.26. The minimum atomic E-state index is -0.915. The van der Waals surface area contributed by atoms with Gasteiger partial charge >= 0.3 is 5.97 Å². The number of hydrogen-bond acceptors (Lipinski definition) is 4. The molecule has 76 valence electrons. The van der Waals surface area contributed by atoms with Crippen LogP contribution in [0, 0.1) is 0 Å². The largest absolute Gasteiger partial charge is 0.481 e. The number of aliphatic carboxylic acids is 1. The third kappa shape index (κ3) is 1.51. The maximum Gasteiger partial charge on any atom is 0.309 e. The zero-order valence-corrected chi connectivity index (χ0v) is 8.25. The van der Waals surface area contributed by atoms with Crippen LogP contribution in [0.15, 0.2) is 5.16 Å². The Labute approximate surface area is 84.8 Å². The van der Waals surface area contributed by atoms with Gasteiger partial charge in [-0.15, -0.1) is 0 Å². The van der Waals surface area contributed by atoms with Gasteiger partial charge in [-0.2, -0.15) is 0 Å². The van der Waals surface area contributed by atoms with Gasteiger partial charge in [-0.25, -0.2) is 4.98 Å². The summed E-state index contributed by atoms with van der Waals surface area (Å²) >= 11 is 1.59. The summed E-state index contributed by atoms with van der Waals surface area (Å²) in [5.74, 6) is 0.0318. The second kappa shape index (κ2) is 3.62. The highest BCUT2D eigenvalue weighted by Gasteiger charge is 2.21. The quantitative estimate of drug-likeness (QED) is 0.746. The van der Waals surface area contributed by atoms with Gasteiger partial charge in [-0.05, 0) is 0 Å². The van der Waals surface area contributed by atoms with E-state index in [0.717, 1.165) is 17.5 Å². The zero-order chi connectivity index (χ0) is 10.1. The molecular weight excluding hydrogens is 204 g/mol. The first-order chi connectivity index (χ1) is 6.72. The molecule has 6 heteroatoms. The number of carboxylic acids is 1. The summed E-state index contributed by atoms with van der Waals surface area (Å²) in [5.41, 5.74) is 1.13. The molecule has 0 spiro atoms. The lowest BCUT2D eigenvalue weighted by atomic mass is 10.2. The fourth-order valence-corrected chi connectivity index (χ4v) is 2.53. The predicted molar refractivity (Wildman–Crippen MR) is 50.2 cm³/mol. The van der Waals surface area contributed by atoms with Crippen LogP contribution in [-0.4, -0.2) is 31.5 Å². The molecule has 2 rings (SSSR count). The van der Waals surface area contributed by atoms with E-state index < -0.39 is 5.97 Å². The van der Waals surface area contributed by atoms with Crippen LogP contribution >= 0.6 is 11.8 Å². The molecule has 2 N–H and O–H groups in total. The maximum atomic E-state index is 10.5. The Morgan fingerprint density at radius 3 is 3.07 bits per heavy atom. The smallest absolute Gasteiger partial charge is 0.309 e. The Bertz CT molecular complexity index is 375. The van der Waals surface area contributed by atoms with E-state index in [1.54, 1.807) is 11.8 Å². The van der Waals surface area contributed by atoms with Gasteiger partial charge in [0.05, 0.1) is 24.4 Å². The van der Waals surface area contributed by atoms with E-state index in [4.69, 9.17) is 10.2 Å². The summed E-state index contributed by atoms with van der Waals surface area (Å²) in [6.07, 6.45) is -0.115. The van der Waals surface area contributed by atoms with Gasteiger partial charge in [0, 0.05) is 12.3 Å². The number of rotatable bonds is 3. The highest BCUT2D eigenvalue weighted by molar-refractivity contribution is 7.99. The van der Waals surface area contributed by atoms with Gasteiger partial charge in [0.15, 0.2) is 5.16 Å². The summed E-state index contributed by atoms with van der Waals surface area (Å²) in [4.78, 5) is 14.7. The number of carbonyl (C=O) groups is 1. The molecular formula is C8H10N2O3S. The highest BCUT2D eigenvalue weighted by Crippen LogP contribution is 2.28. The number of fused-ring (bicyclic) bond motifs is 1. The molecule has 0 fully saturated rings. The number of imidazole rings is 1. The van der Waals surface area contributed by atoms with Crippen molar-refractivity contribution in [2.75, 3.05) is 5.75 Å². The van der Waals surface area contributed by atoms with Crippen molar-refractivity contribution in [3.63, 3.8) is 0 Å². The standard InChI is InChI=1S/C8H10N2O3S/c11-4-6-5(3-7(12)13)9-8-10(6)1-2-14-8/h11H,1-4H2,(H,12,13). The monoisotopic (exact) mass is 214 g/mol. The van der Waals surface area contributed by atoms with Gasteiger partial charge < -0.3 is 14.8 Å². The number of aliphatic hydroxyl groups excluding tert-OH is 1. The van der Waals surface area contributed by atoms with Gasteiger partial charge in [0.25, 0.3) is 0 Å². The maximum absolute atomic E-state index is 10.5. The van der Waals surface area contributed by atoms with Crippen molar-refractivity contribution < 1.29 is 15.0 Å². The van der Waals surface area contributed by atoms with E-state index in [-0.39, 0.29) is 13.0 Å². The number of aromatic nitrogens is 2. The topological polar surface area (TPSA) is 75.3 Å². The first-order valence-corrected chi connectivity index (χ1v) is 5.24. The van der Waals surface area contributed by atoms with Gasteiger partial charge in [0.1, 0.15) is 0 Å². The van der Waals surface area contributed by atoms with E-state index in [0.29, 0.717) is 11.4 Å². The Hall–Kier alpha value is -1.01. The molecule has 0 bridgehead atoms. The SMILES string of the molecule is O=C(O)Cc1nc2n(c1CO)CCS2. The lowest BCUT2D eigenvalue weighted by molar-refractivity contribution is -0.136. The van der Waals surface area contributed by atoms with Crippen LogP contribution in [0.4, 0.5) is 0 Å². The molecule has 1 aliphatic heterocycles. The Morgan fingerprint density at radius 1 is 1.64 bits per heavy atom. The molecule has 0 atom stereocenters. The Kier molecular flexibility index (Phi) is 2.47.